The Labute approximate surface area is 138 Å². The molecule has 2 saturated carbocycles. The van der Waals surface area contributed by atoms with Crippen LogP contribution < -0.4 is 4.74 Å². The second-order valence-corrected chi connectivity index (χ2v) is 8.32. The fraction of sp³-hybridized carbons (Fsp3) is 0.700. The number of fused-ring (bicyclic) bond motifs is 5. The molecule has 0 radical (unpaired) electrons. The molecule has 1 aromatic rings. The Hall–Kier alpha value is -1.06. The molecule has 0 bridgehead atoms. The van der Waals surface area contributed by atoms with Gasteiger partial charge in [0.1, 0.15) is 5.75 Å². The van der Waals surface area contributed by atoms with Crippen molar-refractivity contribution in [2.24, 2.45) is 16.7 Å². The third-order valence-electron chi connectivity index (χ3n) is 7.80. The minimum atomic E-state index is -0.393. The Morgan fingerprint density at radius 2 is 1.96 bits per heavy atom. The van der Waals surface area contributed by atoms with Gasteiger partial charge in [0.05, 0.1) is 19.3 Å². The molecule has 0 aromatic heterocycles. The van der Waals surface area contributed by atoms with E-state index < -0.39 is 6.10 Å². The van der Waals surface area contributed by atoms with Gasteiger partial charge >= 0.3 is 0 Å². The fourth-order valence-corrected chi connectivity index (χ4v) is 6.22. The molecule has 0 amide bonds. The molecular weight excluding hydrogens is 288 g/mol. The van der Waals surface area contributed by atoms with Crippen LogP contribution in [0.15, 0.2) is 18.2 Å². The highest BCUT2D eigenvalue weighted by molar-refractivity contribution is 5.42. The molecule has 1 unspecified atom stereocenters. The minimum Gasteiger partial charge on any atom is -0.497 e. The average Bonchev–Trinajstić information content (AvgIpc) is 2.77. The molecular formula is C20H28O3. The summed E-state index contributed by atoms with van der Waals surface area (Å²) in [5, 5.41) is 21.3. The molecule has 0 aliphatic heterocycles. The molecule has 3 heteroatoms. The molecule has 126 valence electrons. The molecule has 2 N–H and O–H groups in total. The number of aliphatic hydroxyl groups is 2. The van der Waals surface area contributed by atoms with E-state index in [2.05, 4.69) is 32.0 Å². The summed E-state index contributed by atoms with van der Waals surface area (Å²) in [7, 11) is 1.72. The lowest BCUT2D eigenvalue weighted by atomic mass is 9.45. The van der Waals surface area contributed by atoms with Gasteiger partial charge in [0.15, 0.2) is 0 Å². The highest BCUT2D eigenvalue weighted by Gasteiger charge is 2.65. The summed E-state index contributed by atoms with van der Waals surface area (Å²) in [5.74, 6) is 1.64. The standard InChI is InChI=1S/C20H28O3/c1-19-9-8-12-10-13(23-3)4-5-14(12)15(19)6-7-16-17(21)11-18(22)20(16,19)2/h4-5,10,15-18,21-22H,6-9,11H2,1-3H3/t15?,16-,17-,18-,19-,20+/m0/s1. The molecule has 0 heterocycles. The number of rotatable bonds is 1. The number of benzene rings is 1. The number of ether oxygens (including phenoxy) is 1. The number of hydrogen-bond acceptors (Lipinski definition) is 3. The number of aliphatic hydroxyl groups excluding tert-OH is 2. The maximum Gasteiger partial charge on any atom is 0.119 e. The zero-order chi connectivity index (χ0) is 16.4. The molecule has 3 aliphatic rings. The van der Waals surface area contributed by atoms with Crippen molar-refractivity contribution in [3.05, 3.63) is 29.3 Å². The third-order valence-corrected chi connectivity index (χ3v) is 7.80. The summed E-state index contributed by atoms with van der Waals surface area (Å²) >= 11 is 0. The van der Waals surface area contributed by atoms with Crippen molar-refractivity contribution < 1.29 is 14.9 Å². The zero-order valence-electron chi connectivity index (χ0n) is 14.4. The highest BCUT2D eigenvalue weighted by Crippen LogP contribution is 2.68. The Morgan fingerprint density at radius 1 is 1.17 bits per heavy atom. The van der Waals surface area contributed by atoms with Gasteiger partial charge in [0.2, 0.25) is 0 Å². The van der Waals surface area contributed by atoms with Gasteiger partial charge in [0, 0.05) is 11.8 Å². The largest absolute Gasteiger partial charge is 0.497 e. The van der Waals surface area contributed by atoms with Crippen LogP contribution >= 0.6 is 0 Å². The van der Waals surface area contributed by atoms with Crippen LogP contribution in [0.1, 0.15) is 56.6 Å². The van der Waals surface area contributed by atoms with E-state index in [0.29, 0.717) is 12.3 Å². The molecule has 3 aliphatic carbocycles. The van der Waals surface area contributed by atoms with E-state index in [0.717, 1.165) is 31.4 Å². The Morgan fingerprint density at radius 3 is 2.70 bits per heavy atom. The minimum absolute atomic E-state index is 0.0500. The van der Waals surface area contributed by atoms with Crippen LogP contribution in [0.25, 0.3) is 0 Å². The molecule has 6 atom stereocenters. The monoisotopic (exact) mass is 316 g/mol. The van der Waals surface area contributed by atoms with Crippen LogP contribution in [0.5, 0.6) is 5.75 Å². The van der Waals surface area contributed by atoms with E-state index in [9.17, 15) is 10.2 Å². The molecule has 2 fully saturated rings. The normalized spacial score (nSPS) is 45.1. The van der Waals surface area contributed by atoms with Gasteiger partial charge in [-0.1, -0.05) is 19.9 Å². The average molecular weight is 316 g/mol. The van der Waals surface area contributed by atoms with Crippen LogP contribution in [0, 0.1) is 16.7 Å². The highest BCUT2D eigenvalue weighted by atomic mass is 16.5. The molecule has 1 aromatic carbocycles. The number of methoxy groups -OCH3 is 1. The predicted octanol–water partition coefficient (Wildman–Crippen LogP) is 3.27. The molecule has 0 saturated heterocycles. The second kappa shape index (κ2) is 4.97. The number of hydrogen-bond donors (Lipinski definition) is 2. The first kappa shape index (κ1) is 15.5. The topological polar surface area (TPSA) is 49.7 Å². The van der Waals surface area contributed by atoms with Gasteiger partial charge in [-0.25, -0.2) is 0 Å². The van der Waals surface area contributed by atoms with E-state index in [1.54, 1.807) is 7.11 Å². The van der Waals surface area contributed by atoms with Crippen molar-refractivity contribution in [2.75, 3.05) is 7.11 Å². The van der Waals surface area contributed by atoms with Crippen molar-refractivity contribution >= 4 is 0 Å². The van der Waals surface area contributed by atoms with Gasteiger partial charge in [-0.05, 0) is 66.2 Å². The summed E-state index contributed by atoms with van der Waals surface area (Å²) in [4.78, 5) is 0. The second-order valence-electron chi connectivity index (χ2n) is 8.32. The summed E-state index contributed by atoms with van der Waals surface area (Å²) in [6, 6.07) is 6.49. The SMILES string of the molecule is COc1ccc2c(c1)CC[C@@]1(C)C2CC[C@H]2[C@@H](O)C[C@H](O)[C@@]21C. The van der Waals surface area contributed by atoms with E-state index >= 15 is 0 Å². The Bertz CT molecular complexity index is 627. The molecule has 4 rings (SSSR count). The van der Waals surface area contributed by atoms with Crippen molar-refractivity contribution in [3.8, 4) is 5.75 Å². The fourth-order valence-electron chi connectivity index (χ4n) is 6.22. The first-order valence-electron chi connectivity index (χ1n) is 8.94. The van der Waals surface area contributed by atoms with Crippen molar-refractivity contribution in [2.45, 2.75) is 64.1 Å². The van der Waals surface area contributed by atoms with Crippen molar-refractivity contribution in [3.63, 3.8) is 0 Å². The molecule has 3 nitrogen and oxygen atoms in total. The van der Waals surface area contributed by atoms with Crippen molar-refractivity contribution in [1.29, 1.82) is 0 Å². The van der Waals surface area contributed by atoms with Gasteiger partial charge < -0.3 is 14.9 Å². The quantitative estimate of drug-likeness (QED) is 0.836. The number of aryl methyl sites for hydroxylation is 1. The van der Waals surface area contributed by atoms with Gasteiger partial charge in [-0.2, -0.15) is 0 Å². The Balaban J connectivity index is 1.80. The van der Waals surface area contributed by atoms with Crippen molar-refractivity contribution in [1.82, 2.24) is 0 Å². The van der Waals surface area contributed by atoms with Crippen LogP contribution in [0.3, 0.4) is 0 Å². The Kier molecular flexibility index (Phi) is 3.34. The van der Waals surface area contributed by atoms with Crippen LogP contribution in [-0.4, -0.2) is 29.5 Å². The lowest BCUT2D eigenvalue weighted by molar-refractivity contribution is -0.120. The van der Waals surface area contributed by atoms with Gasteiger partial charge in [0.25, 0.3) is 0 Å². The maximum absolute atomic E-state index is 10.8. The summed E-state index contributed by atoms with van der Waals surface area (Å²) in [5.41, 5.74) is 2.70. The van der Waals surface area contributed by atoms with E-state index in [1.807, 2.05) is 0 Å². The third kappa shape index (κ3) is 1.84. The first-order chi connectivity index (χ1) is 10.9. The summed E-state index contributed by atoms with van der Waals surface area (Å²) < 4.78 is 5.39. The summed E-state index contributed by atoms with van der Waals surface area (Å²) in [6.45, 7) is 4.59. The zero-order valence-corrected chi connectivity index (χ0v) is 14.4. The van der Waals surface area contributed by atoms with E-state index in [1.165, 1.54) is 11.1 Å². The van der Waals surface area contributed by atoms with E-state index in [-0.39, 0.29) is 22.9 Å². The van der Waals surface area contributed by atoms with Crippen LogP contribution in [0.4, 0.5) is 0 Å². The lowest BCUT2D eigenvalue weighted by Crippen LogP contribution is -2.55. The predicted molar refractivity (Wildman–Crippen MR) is 89.6 cm³/mol. The van der Waals surface area contributed by atoms with Gasteiger partial charge in [-0.15, -0.1) is 0 Å². The molecule has 0 spiro atoms. The van der Waals surface area contributed by atoms with E-state index in [4.69, 9.17) is 4.74 Å². The molecule has 23 heavy (non-hydrogen) atoms. The lowest BCUT2D eigenvalue weighted by Gasteiger charge is -2.60. The smallest absolute Gasteiger partial charge is 0.119 e. The maximum atomic E-state index is 10.8. The van der Waals surface area contributed by atoms with Crippen LogP contribution in [0.2, 0.25) is 0 Å². The van der Waals surface area contributed by atoms with Gasteiger partial charge in [-0.3, -0.25) is 0 Å². The first-order valence-corrected chi connectivity index (χ1v) is 8.94. The van der Waals surface area contributed by atoms with Crippen LogP contribution in [-0.2, 0) is 6.42 Å². The summed E-state index contributed by atoms with van der Waals surface area (Å²) in [6.07, 6.45) is 4.04.